The molecule has 128 valence electrons. The highest BCUT2D eigenvalue weighted by Gasteiger charge is 2.24. The Hall–Kier alpha value is -0.680. The minimum absolute atomic E-state index is 0.546. The second-order valence-corrected chi connectivity index (χ2v) is 8.35. The molecule has 3 rings (SSSR count). The summed E-state index contributed by atoms with van der Waals surface area (Å²) in [4.78, 5) is 0. The molecule has 2 N–H and O–H groups in total. The van der Waals surface area contributed by atoms with E-state index in [2.05, 4.69) is 91.0 Å². The van der Waals surface area contributed by atoms with E-state index in [9.17, 15) is 0 Å². The fraction of sp³-hybridized carbons (Fsp3) is 0.400. The second kappa shape index (κ2) is 9.14. The molecule has 2 nitrogen and oxygen atoms in total. The number of nitrogens with one attached hydrogen (secondary N) is 2. The van der Waals surface area contributed by atoms with Crippen LogP contribution in [0.15, 0.2) is 57.5 Å². The van der Waals surface area contributed by atoms with Crippen molar-refractivity contribution >= 4 is 31.9 Å². The van der Waals surface area contributed by atoms with Crippen LogP contribution in [0.2, 0.25) is 0 Å². The lowest BCUT2D eigenvalue weighted by atomic mass is 9.90. The van der Waals surface area contributed by atoms with Crippen molar-refractivity contribution in [2.24, 2.45) is 0 Å². The highest BCUT2D eigenvalue weighted by Crippen LogP contribution is 2.20. The third-order valence-corrected chi connectivity index (χ3v) is 5.67. The van der Waals surface area contributed by atoms with Gasteiger partial charge in [-0.2, -0.15) is 0 Å². The Balaban J connectivity index is 1.55. The maximum atomic E-state index is 3.77. The molecule has 2 aromatic carbocycles. The standard InChI is InChI=1S/C20H24Br2N2/c21-17-7-3-5-15(11-17)13-23-19-9-1-2-10-20(19)24-14-16-6-4-8-18(22)12-16/h3-8,11-12,19-20,23-24H,1-2,9-10,13-14H2. The van der Waals surface area contributed by atoms with Crippen molar-refractivity contribution in [2.45, 2.75) is 50.9 Å². The van der Waals surface area contributed by atoms with Crippen LogP contribution in [0.1, 0.15) is 36.8 Å². The zero-order chi connectivity index (χ0) is 16.8. The monoisotopic (exact) mass is 450 g/mol. The molecule has 4 heteroatoms. The molecule has 1 saturated carbocycles. The van der Waals surface area contributed by atoms with Crippen LogP contribution in [-0.4, -0.2) is 12.1 Å². The summed E-state index contributed by atoms with van der Waals surface area (Å²) in [6.07, 6.45) is 5.16. The first-order valence-electron chi connectivity index (χ1n) is 8.66. The van der Waals surface area contributed by atoms with E-state index in [-0.39, 0.29) is 0 Å². The van der Waals surface area contributed by atoms with E-state index in [0.717, 1.165) is 22.0 Å². The van der Waals surface area contributed by atoms with Crippen molar-refractivity contribution in [1.29, 1.82) is 0 Å². The maximum Gasteiger partial charge on any atom is 0.0224 e. The molecule has 0 heterocycles. The van der Waals surface area contributed by atoms with Crippen LogP contribution in [0.5, 0.6) is 0 Å². The molecule has 0 aliphatic heterocycles. The smallest absolute Gasteiger partial charge is 0.0224 e. The molecular formula is C20H24Br2N2. The fourth-order valence-electron chi connectivity index (χ4n) is 3.41. The lowest BCUT2D eigenvalue weighted by molar-refractivity contribution is 0.281. The molecule has 1 aliphatic carbocycles. The van der Waals surface area contributed by atoms with Crippen molar-refractivity contribution in [3.63, 3.8) is 0 Å². The van der Waals surface area contributed by atoms with Gasteiger partial charge in [0, 0.05) is 34.1 Å². The lowest BCUT2D eigenvalue weighted by Crippen LogP contribution is -2.49. The van der Waals surface area contributed by atoms with Crippen LogP contribution < -0.4 is 10.6 Å². The summed E-state index contributed by atoms with van der Waals surface area (Å²) in [5, 5.41) is 7.54. The van der Waals surface area contributed by atoms with Crippen LogP contribution in [0.25, 0.3) is 0 Å². The minimum atomic E-state index is 0.546. The summed E-state index contributed by atoms with van der Waals surface area (Å²) in [7, 11) is 0. The molecule has 0 saturated heterocycles. The van der Waals surface area contributed by atoms with Gasteiger partial charge in [0.25, 0.3) is 0 Å². The van der Waals surface area contributed by atoms with Crippen LogP contribution in [0.4, 0.5) is 0 Å². The molecule has 0 aromatic heterocycles. The zero-order valence-corrected chi connectivity index (χ0v) is 16.9. The van der Waals surface area contributed by atoms with Gasteiger partial charge in [0.05, 0.1) is 0 Å². The van der Waals surface area contributed by atoms with Crippen molar-refractivity contribution in [3.8, 4) is 0 Å². The Kier molecular flexibility index (Phi) is 6.90. The van der Waals surface area contributed by atoms with E-state index in [1.807, 2.05) is 0 Å². The minimum Gasteiger partial charge on any atom is -0.308 e. The first-order valence-corrected chi connectivity index (χ1v) is 10.2. The van der Waals surface area contributed by atoms with Gasteiger partial charge in [-0.15, -0.1) is 0 Å². The first kappa shape index (κ1) is 18.1. The highest BCUT2D eigenvalue weighted by molar-refractivity contribution is 9.10. The number of hydrogen-bond donors (Lipinski definition) is 2. The van der Waals surface area contributed by atoms with Gasteiger partial charge in [-0.05, 0) is 48.2 Å². The molecular weight excluding hydrogens is 428 g/mol. The van der Waals surface area contributed by atoms with E-state index in [1.54, 1.807) is 0 Å². The van der Waals surface area contributed by atoms with E-state index >= 15 is 0 Å². The maximum absolute atomic E-state index is 3.77. The van der Waals surface area contributed by atoms with Gasteiger partial charge in [0.15, 0.2) is 0 Å². The number of rotatable bonds is 6. The topological polar surface area (TPSA) is 24.1 Å². The van der Waals surface area contributed by atoms with Crippen LogP contribution in [0, 0.1) is 0 Å². The average Bonchev–Trinajstić information content (AvgIpc) is 2.59. The van der Waals surface area contributed by atoms with Crippen molar-refractivity contribution in [1.82, 2.24) is 10.6 Å². The number of benzene rings is 2. The average molecular weight is 452 g/mol. The Labute approximate surface area is 161 Å². The summed E-state index contributed by atoms with van der Waals surface area (Å²) in [6.45, 7) is 1.86. The van der Waals surface area contributed by atoms with Crippen LogP contribution >= 0.6 is 31.9 Å². The lowest BCUT2D eigenvalue weighted by Gasteiger charge is -2.33. The molecule has 1 aliphatic rings. The molecule has 2 atom stereocenters. The fourth-order valence-corrected chi connectivity index (χ4v) is 4.30. The van der Waals surface area contributed by atoms with E-state index in [0.29, 0.717) is 12.1 Å². The van der Waals surface area contributed by atoms with Gasteiger partial charge < -0.3 is 10.6 Å². The van der Waals surface area contributed by atoms with Gasteiger partial charge in [-0.3, -0.25) is 0 Å². The first-order chi connectivity index (χ1) is 11.7. The quantitative estimate of drug-likeness (QED) is 0.614. The van der Waals surface area contributed by atoms with Crippen LogP contribution in [0.3, 0.4) is 0 Å². The Morgan fingerprint density at radius 1 is 0.750 bits per heavy atom. The third kappa shape index (κ3) is 5.41. The summed E-state index contributed by atoms with van der Waals surface area (Å²) >= 11 is 7.11. The Morgan fingerprint density at radius 3 is 1.62 bits per heavy atom. The number of halogens is 2. The Bertz CT molecular complexity index is 602. The molecule has 0 radical (unpaired) electrons. The van der Waals surface area contributed by atoms with E-state index in [1.165, 1.54) is 36.8 Å². The van der Waals surface area contributed by atoms with E-state index in [4.69, 9.17) is 0 Å². The third-order valence-electron chi connectivity index (χ3n) is 4.68. The molecule has 24 heavy (non-hydrogen) atoms. The zero-order valence-electron chi connectivity index (χ0n) is 13.8. The van der Waals surface area contributed by atoms with Crippen LogP contribution in [-0.2, 0) is 13.1 Å². The predicted octanol–water partition coefficient (Wildman–Crippen LogP) is 5.40. The predicted molar refractivity (Wildman–Crippen MR) is 108 cm³/mol. The molecule has 2 aromatic rings. The van der Waals surface area contributed by atoms with Gasteiger partial charge in [-0.1, -0.05) is 69.0 Å². The number of hydrogen-bond acceptors (Lipinski definition) is 2. The molecule has 0 amide bonds. The summed E-state index contributed by atoms with van der Waals surface area (Å²) in [6, 6.07) is 18.2. The molecule has 0 bridgehead atoms. The Morgan fingerprint density at radius 2 is 1.21 bits per heavy atom. The van der Waals surface area contributed by atoms with E-state index < -0.39 is 0 Å². The van der Waals surface area contributed by atoms with Crippen molar-refractivity contribution in [3.05, 3.63) is 68.6 Å². The molecule has 1 fully saturated rings. The van der Waals surface area contributed by atoms with Gasteiger partial charge >= 0.3 is 0 Å². The largest absolute Gasteiger partial charge is 0.308 e. The van der Waals surface area contributed by atoms with Crippen molar-refractivity contribution in [2.75, 3.05) is 0 Å². The summed E-state index contributed by atoms with van der Waals surface area (Å²) in [5.74, 6) is 0. The van der Waals surface area contributed by atoms with Crippen molar-refractivity contribution < 1.29 is 0 Å². The molecule has 2 unspecified atom stereocenters. The second-order valence-electron chi connectivity index (χ2n) is 6.52. The van der Waals surface area contributed by atoms with Gasteiger partial charge in [0.2, 0.25) is 0 Å². The highest BCUT2D eigenvalue weighted by atomic mass is 79.9. The van der Waals surface area contributed by atoms with Gasteiger partial charge in [-0.25, -0.2) is 0 Å². The molecule has 0 spiro atoms. The SMILES string of the molecule is Brc1cccc(CNC2CCCCC2NCc2cccc(Br)c2)c1. The normalized spacial score (nSPS) is 20.9. The summed E-state index contributed by atoms with van der Waals surface area (Å²) < 4.78 is 2.30. The van der Waals surface area contributed by atoms with Gasteiger partial charge in [0.1, 0.15) is 0 Å². The summed E-state index contributed by atoms with van der Waals surface area (Å²) in [5.41, 5.74) is 2.67.